The fourth-order valence-electron chi connectivity index (χ4n) is 2.60. The van der Waals surface area contributed by atoms with Crippen LogP contribution in [-0.4, -0.2) is 21.0 Å². The summed E-state index contributed by atoms with van der Waals surface area (Å²) < 4.78 is 6.88. The number of esters is 1. The van der Waals surface area contributed by atoms with Crippen molar-refractivity contribution >= 4 is 17.6 Å². The summed E-state index contributed by atoms with van der Waals surface area (Å²) in [6.07, 6.45) is 12.0. The number of carbonyl (C=O) groups is 1. The summed E-state index contributed by atoms with van der Waals surface area (Å²) >= 11 is 5.97. The highest BCUT2D eigenvalue weighted by atomic mass is 35.5. The van der Waals surface area contributed by atoms with Crippen LogP contribution in [0.1, 0.15) is 57.1 Å². The Kier molecular flexibility index (Phi) is 8.90. The van der Waals surface area contributed by atoms with Gasteiger partial charge in [0.25, 0.3) is 0 Å². The minimum Gasteiger partial charge on any atom is -0.459 e. The lowest BCUT2D eigenvalue weighted by Gasteiger charge is -2.03. The molecule has 26 heavy (non-hydrogen) atoms. The van der Waals surface area contributed by atoms with Crippen molar-refractivity contribution in [3.05, 3.63) is 53.8 Å². The van der Waals surface area contributed by atoms with Crippen LogP contribution in [0.25, 0.3) is 5.69 Å². The molecule has 0 atom stereocenters. The van der Waals surface area contributed by atoms with E-state index in [1.54, 1.807) is 23.0 Å². The maximum absolute atomic E-state index is 11.8. The summed E-state index contributed by atoms with van der Waals surface area (Å²) in [6.45, 7) is 3.86. The zero-order valence-electron chi connectivity index (χ0n) is 15.1. The van der Waals surface area contributed by atoms with Gasteiger partial charge in [-0.15, -0.1) is 11.7 Å². The van der Waals surface area contributed by atoms with Crippen LogP contribution < -0.4 is 0 Å². The van der Waals surface area contributed by atoms with Gasteiger partial charge in [-0.3, -0.25) is 4.79 Å². The lowest BCUT2D eigenvalue weighted by molar-refractivity contribution is -0.145. The van der Waals surface area contributed by atoms with E-state index in [2.05, 4.69) is 16.9 Å². The molecular weight excluding hydrogens is 350 g/mol. The van der Waals surface area contributed by atoms with E-state index in [9.17, 15) is 4.79 Å². The number of rotatable bonds is 12. The maximum atomic E-state index is 11.8. The molecule has 2 rings (SSSR count). The van der Waals surface area contributed by atoms with Crippen LogP contribution in [0.4, 0.5) is 0 Å². The van der Waals surface area contributed by atoms with Crippen LogP contribution in [0.3, 0.4) is 0 Å². The monoisotopic (exact) mass is 375 g/mol. The lowest BCUT2D eigenvalue weighted by atomic mass is 10.1. The molecule has 0 spiro atoms. The van der Waals surface area contributed by atoms with E-state index in [0.29, 0.717) is 17.1 Å². The molecule has 0 aliphatic carbocycles. The average Bonchev–Trinajstić information content (AvgIpc) is 3.11. The van der Waals surface area contributed by atoms with E-state index in [1.807, 2.05) is 18.2 Å². The van der Waals surface area contributed by atoms with Crippen LogP contribution in [0.15, 0.2) is 43.1 Å². The second kappa shape index (κ2) is 11.5. The Morgan fingerprint density at radius 3 is 2.73 bits per heavy atom. The Balaban J connectivity index is 1.61. The minimum absolute atomic E-state index is 0.140. The molecule has 0 saturated carbocycles. The molecule has 0 amide bonds. The van der Waals surface area contributed by atoms with Gasteiger partial charge >= 0.3 is 5.97 Å². The van der Waals surface area contributed by atoms with Crippen molar-refractivity contribution in [3.8, 4) is 5.69 Å². The van der Waals surface area contributed by atoms with Gasteiger partial charge < -0.3 is 4.74 Å². The molecule has 1 aromatic carbocycles. The third-order valence-corrected chi connectivity index (χ3v) is 4.27. The third-order valence-electron chi connectivity index (χ3n) is 4.03. The van der Waals surface area contributed by atoms with Crippen molar-refractivity contribution in [3.63, 3.8) is 0 Å². The normalized spacial score (nSPS) is 10.7. The van der Waals surface area contributed by atoms with Gasteiger partial charge in [-0.2, -0.15) is 0 Å². The third kappa shape index (κ3) is 7.40. The standard InChI is InChI=1S/C20H26ClN3O2/c1-2-3-4-5-6-7-8-9-13-20(25)26-16-18-15-24(23-22-18)19-12-10-11-17(21)14-19/h2,10-12,14-15H,1,3-9,13,16H2. The van der Waals surface area contributed by atoms with Gasteiger partial charge in [0.15, 0.2) is 0 Å². The van der Waals surface area contributed by atoms with E-state index in [1.165, 1.54) is 25.7 Å². The predicted molar refractivity (Wildman–Crippen MR) is 103 cm³/mol. The van der Waals surface area contributed by atoms with E-state index < -0.39 is 0 Å². The highest BCUT2D eigenvalue weighted by Crippen LogP contribution is 2.14. The van der Waals surface area contributed by atoms with Crippen LogP contribution in [-0.2, 0) is 16.1 Å². The van der Waals surface area contributed by atoms with Crippen molar-refractivity contribution in [1.29, 1.82) is 0 Å². The number of unbranched alkanes of at least 4 members (excludes halogenated alkanes) is 6. The Labute approximate surface area is 160 Å². The SMILES string of the molecule is C=CCCCCCCCCC(=O)OCc1cn(-c2cccc(Cl)c2)nn1. The fraction of sp³-hybridized carbons (Fsp3) is 0.450. The largest absolute Gasteiger partial charge is 0.459 e. The van der Waals surface area contributed by atoms with Crippen LogP contribution in [0.2, 0.25) is 5.02 Å². The molecule has 0 aliphatic rings. The molecule has 2 aromatic rings. The van der Waals surface area contributed by atoms with Crippen molar-refractivity contribution in [1.82, 2.24) is 15.0 Å². The maximum Gasteiger partial charge on any atom is 0.306 e. The Hall–Kier alpha value is -2.14. The first-order valence-electron chi connectivity index (χ1n) is 9.12. The van der Waals surface area contributed by atoms with Gasteiger partial charge in [-0.05, 0) is 37.5 Å². The summed E-state index contributed by atoms with van der Waals surface area (Å²) in [6, 6.07) is 7.32. The number of allylic oxidation sites excluding steroid dienone is 1. The number of nitrogens with zero attached hydrogens (tertiary/aromatic N) is 3. The number of carbonyl (C=O) groups excluding carboxylic acids is 1. The highest BCUT2D eigenvalue weighted by Gasteiger charge is 2.07. The first-order valence-corrected chi connectivity index (χ1v) is 9.50. The quantitative estimate of drug-likeness (QED) is 0.288. The Morgan fingerprint density at radius 1 is 1.19 bits per heavy atom. The van der Waals surface area contributed by atoms with Gasteiger partial charge in [-0.25, -0.2) is 4.68 Å². The summed E-state index contributed by atoms with van der Waals surface area (Å²) in [7, 11) is 0. The van der Waals surface area contributed by atoms with Gasteiger partial charge in [0.05, 0.1) is 11.9 Å². The van der Waals surface area contributed by atoms with E-state index in [0.717, 1.165) is 24.9 Å². The fourth-order valence-corrected chi connectivity index (χ4v) is 2.79. The van der Waals surface area contributed by atoms with Gasteiger partial charge in [0.1, 0.15) is 12.3 Å². The summed E-state index contributed by atoms with van der Waals surface area (Å²) in [5.41, 5.74) is 1.43. The second-order valence-electron chi connectivity index (χ2n) is 6.24. The number of aromatic nitrogens is 3. The smallest absolute Gasteiger partial charge is 0.306 e. The molecular formula is C20H26ClN3O2. The topological polar surface area (TPSA) is 57.0 Å². The van der Waals surface area contributed by atoms with Crippen LogP contribution in [0, 0.1) is 0 Å². The summed E-state index contributed by atoms with van der Waals surface area (Å²) in [5, 5.41) is 8.69. The molecule has 5 nitrogen and oxygen atoms in total. The van der Waals surface area contributed by atoms with E-state index >= 15 is 0 Å². The number of hydrogen-bond acceptors (Lipinski definition) is 4. The van der Waals surface area contributed by atoms with Crippen molar-refractivity contribution in [2.45, 2.75) is 58.0 Å². The first-order chi connectivity index (χ1) is 12.7. The average molecular weight is 376 g/mol. The van der Waals surface area contributed by atoms with Crippen molar-refractivity contribution in [2.75, 3.05) is 0 Å². The zero-order valence-corrected chi connectivity index (χ0v) is 15.8. The molecule has 0 unspecified atom stereocenters. The molecule has 6 heteroatoms. The molecule has 1 aromatic heterocycles. The van der Waals surface area contributed by atoms with Crippen LogP contribution >= 0.6 is 11.6 Å². The minimum atomic E-state index is -0.186. The Morgan fingerprint density at radius 2 is 1.96 bits per heavy atom. The molecule has 1 heterocycles. The number of ether oxygens (including phenoxy) is 1. The number of benzene rings is 1. The lowest BCUT2D eigenvalue weighted by Crippen LogP contribution is -2.04. The van der Waals surface area contributed by atoms with Crippen molar-refractivity contribution < 1.29 is 9.53 Å². The number of hydrogen-bond donors (Lipinski definition) is 0. The summed E-state index contributed by atoms with van der Waals surface area (Å²) in [5.74, 6) is -0.186. The molecule has 0 saturated heterocycles. The van der Waals surface area contributed by atoms with Crippen molar-refractivity contribution in [2.24, 2.45) is 0 Å². The van der Waals surface area contributed by atoms with E-state index in [4.69, 9.17) is 16.3 Å². The molecule has 0 fully saturated rings. The van der Waals surface area contributed by atoms with Gasteiger partial charge in [0, 0.05) is 11.4 Å². The predicted octanol–water partition coefficient (Wildman–Crippen LogP) is 5.27. The van der Waals surface area contributed by atoms with Gasteiger partial charge in [-0.1, -0.05) is 54.6 Å². The zero-order chi connectivity index (χ0) is 18.6. The second-order valence-corrected chi connectivity index (χ2v) is 6.68. The van der Waals surface area contributed by atoms with E-state index in [-0.39, 0.29) is 12.6 Å². The first kappa shape index (κ1) is 20.2. The summed E-state index contributed by atoms with van der Waals surface area (Å²) in [4.78, 5) is 11.8. The van der Waals surface area contributed by atoms with Gasteiger partial charge in [0.2, 0.25) is 0 Å². The molecule has 0 N–H and O–H groups in total. The molecule has 0 bridgehead atoms. The highest BCUT2D eigenvalue weighted by molar-refractivity contribution is 6.30. The Bertz CT molecular complexity index is 700. The molecule has 0 aliphatic heterocycles. The number of halogens is 1. The molecule has 0 radical (unpaired) electrons. The van der Waals surface area contributed by atoms with Crippen LogP contribution in [0.5, 0.6) is 0 Å². The molecule has 140 valence electrons.